The van der Waals surface area contributed by atoms with Crippen molar-refractivity contribution in [1.29, 1.82) is 0 Å². The molecule has 2 nitrogen and oxygen atoms in total. The van der Waals surface area contributed by atoms with Crippen molar-refractivity contribution in [3.8, 4) is 0 Å². The van der Waals surface area contributed by atoms with Crippen LogP contribution in [0, 0.1) is 5.82 Å². The summed E-state index contributed by atoms with van der Waals surface area (Å²) in [6, 6.07) is 8.36. The lowest BCUT2D eigenvalue weighted by Crippen LogP contribution is -1.93. The number of hydrogen-bond donors (Lipinski definition) is 1. The number of aliphatic hydroxyl groups is 1. The Balaban J connectivity index is 0.000000771. The zero-order chi connectivity index (χ0) is 13.4. The maximum atomic E-state index is 13.0. The molecule has 0 atom stereocenters. The minimum atomic E-state index is -0.233. The lowest BCUT2D eigenvalue weighted by molar-refractivity contribution is 0.281. The van der Waals surface area contributed by atoms with E-state index in [2.05, 4.69) is 4.98 Å². The van der Waals surface area contributed by atoms with Gasteiger partial charge in [-0.15, -0.1) is 0 Å². The predicted octanol–water partition coefficient (Wildman–Crippen LogP) is 3.33. The number of rotatable bonds is 3. The van der Waals surface area contributed by atoms with E-state index in [9.17, 15) is 4.39 Å². The summed E-state index contributed by atoms with van der Waals surface area (Å²) in [6.07, 6.45) is 3.97. The molecule has 0 saturated heterocycles. The summed E-state index contributed by atoms with van der Waals surface area (Å²) >= 11 is 0. The highest BCUT2D eigenvalue weighted by atomic mass is 19.1. The van der Waals surface area contributed by atoms with E-state index < -0.39 is 0 Å². The average molecular weight is 247 g/mol. The predicted molar refractivity (Wildman–Crippen MR) is 70.7 cm³/mol. The van der Waals surface area contributed by atoms with Crippen LogP contribution < -0.4 is 0 Å². The summed E-state index contributed by atoms with van der Waals surface area (Å²) in [6.45, 7) is 3.98. The Bertz CT molecular complexity index is 485. The zero-order valence-electron chi connectivity index (χ0n) is 10.7. The van der Waals surface area contributed by atoms with Crippen LogP contribution in [0.15, 0.2) is 42.7 Å². The average Bonchev–Trinajstić information content (AvgIpc) is 2.41. The summed E-state index contributed by atoms with van der Waals surface area (Å²) in [5.41, 5.74) is 2.64. The fraction of sp³-hybridized carbons (Fsp3) is 0.267. The van der Waals surface area contributed by atoms with Gasteiger partial charge >= 0.3 is 0 Å². The summed E-state index contributed by atoms with van der Waals surface area (Å²) in [5, 5.41) is 8.97. The maximum Gasteiger partial charge on any atom is 0.123 e. The highest BCUT2D eigenvalue weighted by Crippen LogP contribution is 2.11. The van der Waals surface area contributed by atoms with Crippen LogP contribution in [-0.4, -0.2) is 10.1 Å². The van der Waals surface area contributed by atoms with E-state index in [4.69, 9.17) is 5.11 Å². The molecule has 2 rings (SSSR count). The van der Waals surface area contributed by atoms with Crippen LogP contribution in [0.2, 0.25) is 0 Å². The largest absolute Gasteiger partial charge is 0.392 e. The maximum absolute atomic E-state index is 13.0. The van der Waals surface area contributed by atoms with Crippen molar-refractivity contribution in [2.75, 3.05) is 0 Å². The molecule has 0 amide bonds. The van der Waals surface area contributed by atoms with Gasteiger partial charge < -0.3 is 5.11 Å². The molecule has 0 bridgehead atoms. The lowest BCUT2D eigenvalue weighted by atomic mass is 10.1. The van der Waals surface area contributed by atoms with E-state index in [1.54, 1.807) is 18.5 Å². The molecule has 0 aliphatic heterocycles. The molecule has 0 saturated carbocycles. The number of aromatic nitrogens is 1. The van der Waals surface area contributed by atoms with E-state index in [0.717, 1.165) is 16.7 Å². The van der Waals surface area contributed by atoms with Gasteiger partial charge in [0.2, 0.25) is 0 Å². The second kappa shape index (κ2) is 7.56. The molecule has 1 heterocycles. The third-order valence-corrected chi connectivity index (χ3v) is 2.33. The second-order valence-corrected chi connectivity index (χ2v) is 3.67. The fourth-order valence-electron chi connectivity index (χ4n) is 1.61. The number of benzene rings is 1. The SMILES string of the molecule is CC.OCc1cncc(Cc2cccc(F)c2)c1. The number of hydrogen-bond acceptors (Lipinski definition) is 2. The molecule has 3 heteroatoms. The van der Waals surface area contributed by atoms with Gasteiger partial charge in [0.25, 0.3) is 0 Å². The van der Waals surface area contributed by atoms with Gasteiger partial charge in [0.1, 0.15) is 5.82 Å². The van der Waals surface area contributed by atoms with Crippen molar-refractivity contribution in [1.82, 2.24) is 4.98 Å². The van der Waals surface area contributed by atoms with Gasteiger partial charge in [-0.1, -0.05) is 32.0 Å². The quantitative estimate of drug-likeness (QED) is 0.902. The summed E-state index contributed by atoms with van der Waals surface area (Å²) in [7, 11) is 0. The Morgan fingerprint density at radius 3 is 2.44 bits per heavy atom. The van der Waals surface area contributed by atoms with Crippen molar-refractivity contribution in [2.24, 2.45) is 0 Å². The number of nitrogens with zero attached hydrogens (tertiary/aromatic N) is 1. The lowest BCUT2D eigenvalue weighted by Gasteiger charge is -2.03. The third kappa shape index (κ3) is 4.26. The van der Waals surface area contributed by atoms with Crippen LogP contribution in [0.5, 0.6) is 0 Å². The molecule has 0 unspecified atom stereocenters. The number of aliphatic hydroxyl groups excluding tert-OH is 1. The Labute approximate surface area is 107 Å². The van der Waals surface area contributed by atoms with Gasteiger partial charge in [0.15, 0.2) is 0 Å². The van der Waals surface area contributed by atoms with Gasteiger partial charge in [-0.3, -0.25) is 4.98 Å². The summed E-state index contributed by atoms with van der Waals surface area (Å²) < 4.78 is 13.0. The molecule has 1 N–H and O–H groups in total. The van der Waals surface area contributed by atoms with Crippen molar-refractivity contribution in [2.45, 2.75) is 26.9 Å². The van der Waals surface area contributed by atoms with Crippen LogP contribution in [0.1, 0.15) is 30.5 Å². The van der Waals surface area contributed by atoms with Gasteiger partial charge in [0.05, 0.1) is 6.61 Å². The van der Waals surface area contributed by atoms with E-state index in [0.29, 0.717) is 6.42 Å². The van der Waals surface area contributed by atoms with Crippen molar-refractivity contribution in [3.63, 3.8) is 0 Å². The van der Waals surface area contributed by atoms with Crippen molar-refractivity contribution < 1.29 is 9.50 Å². The fourth-order valence-corrected chi connectivity index (χ4v) is 1.61. The van der Waals surface area contributed by atoms with Gasteiger partial charge in [-0.05, 0) is 35.2 Å². The normalized spacial score (nSPS) is 9.56. The van der Waals surface area contributed by atoms with Crippen molar-refractivity contribution in [3.05, 3.63) is 65.2 Å². The molecule has 0 fully saturated rings. The highest BCUT2D eigenvalue weighted by Gasteiger charge is 1.99. The topological polar surface area (TPSA) is 33.1 Å². The Morgan fingerprint density at radius 1 is 1.06 bits per heavy atom. The molecule has 2 aromatic rings. The van der Waals surface area contributed by atoms with E-state index in [-0.39, 0.29) is 12.4 Å². The second-order valence-electron chi connectivity index (χ2n) is 3.67. The van der Waals surface area contributed by atoms with Crippen LogP contribution in [0.3, 0.4) is 0 Å². The monoisotopic (exact) mass is 247 g/mol. The first-order valence-electron chi connectivity index (χ1n) is 6.06. The molecule has 0 radical (unpaired) electrons. The Kier molecular flexibility index (Phi) is 6.01. The molecule has 0 aliphatic carbocycles. The number of halogens is 1. The molecular weight excluding hydrogens is 229 g/mol. The van der Waals surface area contributed by atoms with Gasteiger partial charge in [0, 0.05) is 12.4 Å². The van der Waals surface area contributed by atoms with Gasteiger partial charge in [-0.25, -0.2) is 4.39 Å². The molecule has 0 spiro atoms. The summed E-state index contributed by atoms with van der Waals surface area (Å²) in [4.78, 5) is 4.02. The smallest absolute Gasteiger partial charge is 0.123 e. The first kappa shape index (κ1) is 14.3. The first-order chi connectivity index (χ1) is 8.78. The van der Waals surface area contributed by atoms with E-state index in [1.165, 1.54) is 12.1 Å². The Hall–Kier alpha value is -1.74. The Morgan fingerprint density at radius 2 is 1.78 bits per heavy atom. The molecule has 1 aromatic carbocycles. The number of pyridine rings is 1. The summed E-state index contributed by atoms with van der Waals surface area (Å²) in [5.74, 6) is -0.233. The molecule has 0 aliphatic rings. The zero-order valence-corrected chi connectivity index (χ0v) is 10.7. The minimum absolute atomic E-state index is 0.0238. The molecule has 1 aromatic heterocycles. The molecule has 96 valence electrons. The van der Waals surface area contributed by atoms with Crippen LogP contribution in [-0.2, 0) is 13.0 Å². The van der Waals surface area contributed by atoms with Crippen LogP contribution >= 0.6 is 0 Å². The molecule has 18 heavy (non-hydrogen) atoms. The first-order valence-corrected chi connectivity index (χ1v) is 6.06. The van der Waals surface area contributed by atoms with E-state index in [1.807, 2.05) is 26.0 Å². The minimum Gasteiger partial charge on any atom is -0.392 e. The van der Waals surface area contributed by atoms with E-state index >= 15 is 0 Å². The third-order valence-electron chi connectivity index (χ3n) is 2.33. The highest BCUT2D eigenvalue weighted by molar-refractivity contribution is 5.26. The van der Waals surface area contributed by atoms with Crippen LogP contribution in [0.4, 0.5) is 4.39 Å². The molecular formula is C15H18FNO. The van der Waals surface area contributed by atoms with Crippen LogP contribution in [0.25, 0.3) is 0 Å². The standard InChI is InChI=1S/C13H12FNO.C2H6/c14-13-3-1-2-10(6-13)4-11-5-12(9-16)8-15-7-11;1-2/h1-3,5-8,16H,4,9H2;1-2H3. The van der Waals surface area contributed by atoms with Crippen molar-refractivity contribution >= 4 is 0 Å². The van der Waals surface area contributed by atoms with Gasteiger partial charge in [-0.2, -0.15) is 0 Å².